The first-order chi connectivity index (χ1) is 9.76. The molecule has 0 aliphatic carbocycles. The van der Waals surface area contributed by atoms with Crippen LogP contribution in [0.25, 0.3) is 10.1 Å². The Hall–Kier alpha value is -1.84. The van der Waals surface area contributed by atoms with Crippen LogP contribution < -0.4 is 4.74 Å². The Bertz CT molecular complexity index is 667. The van der Waals surface area contributed by atoms with E-state index in [0.717, 1.165) is 16.2 Å². The second-order valence-electron chi connectivity index (χ2n) is 4.75. The SMILES string of the molecule is COc1ccc(CC(O)c2cc3ccccc3s2)cc1. The number of thiophene rings is 1. The van der Waals surface area contributed by atoms with Gasteiger partial charge in [0.2, 0.25) is 0 Å². The molecule has 0 bridgehead atoms. The highest BCUT2D eigenvalue weighted by Gasteiger charge is 2.12. The van der Waals surface area contributed by atoms with Crippen LogP contribution in [-0.4, -0.2) is 12.2 Å². The van der Waals surface area contributed by atoms with Crippen LogP contribution in [0.1, 0.15) is 16.5 Å². The van der Waals surface area contributed by atoms with Crippen molar-refractivity contribution >= 4 is 21.4 Å². The third-order valence-electron chi connectivity index (χ3n) is 3.36. The Labute approximate surface area is 122 Å². The van der Waals surface area contributed by atoms with Gasteiger partial charge in [0.25, 0.3) is 0 Å². The normalized spacial score (nSPS) is 12.5. The summed E-state index contributed by atoms with van der Waals surface area (Å²) in [6.07, 6.45) is 0.164. The molecule has 1 aromatic heterocycles. The van der Waals surface area contributed by atoms with Crippen LogP contribution in [0.3, 0.4) is 0 Å². The number of ether oxygens (including phenoxy) is 1. The van der Waals surface area contributed by atoms with Gasteiger partial charge in [-0.3, -0.25) is 0 Å². The first-order valence-corrected chi connectivity index (χ1v) is 7.37. The summed E-state index contributed by atoms with van der Waals surface area (Å²) in [5.41, 5.74) is 1.11. The highest BCUT2D eigenvalue weighted by atomic mass is 32.1. The molecule has 1 unspecified atom stereocenters. The topological polar surface area (TPSA) is 29.5 Å². The lowest BCUT2D eigenvalue weighted by atomic mass is 10.1. The molecule has 2 aromatic carbocycles. The number of aliphatic hydroxyl groups excluding tert-OH is 1. The van der Waals surface area contributed by atoms with E-state index in [2.05, 4.69) is 18.2 Å². The maximum atomic E-state index is 10.4. The van der Waals surface area contributed by atoms with E-state index in [1.807, 2.05) is 36.4 Å². The van der Waals surface area contributed by atoms with E-state index >= 15 is 0 Å². The summed E-state index contributed by atoms with van der Waals surface area (Å²) in [5.74, 6) is 0.838. The molecule has 3 rings (SSSR count). The number of fused-ring (bicyclic) bond motifs is 1. The van der Waals surface area contributed by atoms with Gasteiger partial charge < -0.3 is 9.84 Å². The zero-order chi connectivity index (χ0) is 13.9. The number of hydrogen-bond acceptors (Lipinski definition) is 3. The molecule has 0 fully saturated rings. The van der Waals surface area contributed by atoms with Crippen LogP contribution in [0.4, 0.5) is 0 Å². The summed E-state index contributed by atoms with van der Waals surface area (Å²) in [4.78, 5) is 1.02. The number of aliphatic hydroxyl groups is 1. The molecule has 0 saturated carbocycles. The van der Waals surface area contributed by atoms with Crippen LogP contribution >= 0.6 is 11.3 Å². The predicted molar refractivity (Wildman–Crippen MR) is 83.5 cm³/mol. The van der Waals surface area contributed by atoms with Crippen molar-refractivity contribution in [2.45, 2.75) is 12.5 Å². The van der Waals surface area contributed by atoms with Crippen molar-refractivity contribution in [3.05, 3.63) is 65.0 Å². The maximum absolute atomic E-state index is 10.4. The van der Waals surface area contributed by atoms with E-state index in [1.54, 1.807) is 18.4 Å². The summed E-state index contributed by atoms with van der Waals surface area (Å²) < 4.78 is 6.36. The maximum Gasteiger partial charge on any atom is 0.118 e. The Morgan fingerprint density at radius 1 is 1.10 bits per heavy atom. The lowest BCUT2D eigenvalue weighted by Crippen LogP contribution is -1.99. The van der Waals surface area contributed by atoms with Gasteiger partial charge >= 0.3 is 0 Å². The number of rotatable bonds is 4. The fraction of sp³-hybridized carbons (Fsp3) is 0.176. The smallest absolute Gasteiger partial charge is 0.118 e. The molecule has 102 valence electrons. The van der Waals surface area contributed by atoms with Crippen LogP contribution in [0.15, 0.2) is 54.6 Å². The highest BCUT2D eigenvalue weighted by Crippen LogP contribution is 2.31. The number of benzene rings is 2. The summed E-state index contributed by atoms with van der Waals surface area (Å²) in [6.45, 7) is 0. The van der Waals surface area contributed by atoms with Gasteiger partial charge in [-0.2, -0.15) is 0 Å². The van der Waals surface area contributed by atoms with Gasteiger partial charge in [-0.15, -0.1) is 11.3 Å². The number of methoxy groups -OCH3 is 1. The number of hydrogen-bond donors (Lipinski definition) is 1. The zero-order valence-electron chi connectivity index (χ0n) is 11.2. The van der Waals surface area contributed by atoms with Gasteiger partial charge in [-0.05, 0) is 35.2 Å². The second kappa shape index (κ2) is 5.65. The highest BCUT2D eigenvalue weighted by molar-refractivity contribution is 7.19. The zero-order valence-corrected chi connectivity index (χ0v) is 12.1. The van der Waals surface area contributed by atoms with Crippen LogP contribution in [0.2, 0.25) is 0 Å². The van der Waals surface area contributed by atoms with Gasteiger partial charge in [0, 0.05) is 16.0 Å². The van der Waals surface area contributed by atoms with Gasteiger partial charge in [-0.1, -0.05) is 30.3 Å². The lowest BCUT2D eigenvalue weighted by Gasteiger charge is -2.09. The fourth-order valence-corrected chi connectivity index (χ4v) is 3.30. The quantitative estimate of drug-likeness (QED) is 0.778. The standard InChI is InChI=1S/C17H16O2S/c1-19-14-8-6-12(7-9-14)10-15(18)17-11-13-4-2-3-5-16(13)20-17/h2-9,11,15,18H,10H2,1H3. The van der Waals surface area contributed by atoms with Gasteiger partial charge in [0.1, 0.15) is 5.75 Å². The molecule has 1 heterocycles. The molecule has 3 heteroatoms. The molecule has 0 radical (unpaired) electrons. The van der Waals surface area contributed by atoms with Crippen molar-refractivity contribution in [1.82, 2.24) is 0 Å². The van der Waals surface area contributed by atoms with E-state index in [9.17, 15) is 5.11 Å². The monoisotopic (exact) mass is 284 g/mol. The Morgan fingerprint density at radius 2 is 1.85 bits per heavy atom. The van der Waals surface area contributed by atoms with E-state index in [0.29, 0.717) is 6.42 Å². The molecule has 1 N–H and O–H groups in total. The van der Waals surface area contributed by atoms with Crippen LogP contribution in [0.5, 0.6) is 5.75 Å². The molecule has 0 amide bonds. The van der Waals surface area contributed by atoms with Crippen molar-refractivity contribution in [3.8, 4) is 5.75 Å². The lowest BCUT2D eigenvalue weighted by molar-refractivity contribution is 0.182. The van der Waals surface area contributed by atoms with E-state index in [4.69, 9.17) is 4.74 Å². The van der Waals surface area contributed by atoms with Crippen LogP contribution in [0, 0.1) is 0 Å². The molecular formula is C17H16O2S. The van der Waals surface area contributed by atoms with Gasteiger partial charge in [-0.25, -0.2) is 0 Å². The Balaban J connectivity index is 1.79. The van der Waals surface area contributed by atoms with Crippen molar-refractivity contribution in [2.75, 3.05) is 7.11 Å². The molecular weight excluding hydrogens is 268 g/mol. The van der Waals surface area contributed by atoms with Crippen molar-refractivity contribution in [2.24, 2.45) is 0 Å². The second-order valence-corrected chi connectivity index (χ2v) is 5.87. The van der Waals surface area contributed by atoms with Crippen molar-refractivity contribution in [3.63, 3.8) is 0 Å². The van der Waals surface area contributed by atoms with Gasteiger partial charge in [0.15, 0.2) is 0 Å². The fourth-order valence-electron chi connectivity index (χ4n) is 2.25. The molecule has 0 aliphatic rings. The average molecular weight is 284 g/mol. The van der Waals surface area contributed by atoms with Crippen molar-refractivity contribution < 1.29 is 9.84 Å². The minimum Gasteiger partial charge on any atom is -0.497 e. The molecule has 2 nitrogen and oxygen atoms in total. The molecule has 1 atom stereocenters. The first-order valence-electron chi connectivity index (χ1n) is 6.56. The third kappa shape index (κ3) is 2.69. The van der Waals surface area contributed by atoms with E-state index in [1.165, 1.54) is 10.1 Å². The molecule has 0 spiro atoms. The minimum atomic E-state index is -0.458. The molecule has 0 aliphatic heterocycles. The minimum absolute atomic E-state index is 0.458. The van der Waals surface area contributed by atoms with E-state index < -0.39 is 6.10 Å². The summed E-state index contributed by atoms with van der Waals surface area (Å²) in [5, 5.41) is 11.6. The molecule has 0 saturated heterocycles. The van der Waals surface area contributed by atoms with Crippen LogP contribution in [-0.2, 0) is 6.42 Å². The van der Waals surface area contributed by atoms with Crippen molar-refractivity contribution in [1.29, 1.82) is 0 Å². The molecule has 3 aromatic rings. The molecule has 20 heavy (non-hydrogen) atoms. The Kier molecular flexibility index (Phi) is 3.72. The summed E-state index contributed by atoms with van der Waals surface area (Å²) >= 11 is 1.66. The third-order valence-corrected chi connectivity index (χ3v) is 4.58. The van der Waals surface area contributed by atoms with Gasteiger partial charge in [0.05, 0.1) is 13.2 Å². The van der Waals surface area contributed by atoms with E-state index in [-0.39, 0.29) is 0 Å². The first kappa shape index (κ1) is 13.2. The summed E-state index contributed by atoms with van der Waals surface area (Å²) in [6, 6.07) is 18.1. The Morgan fingerprint density at radius 3 is 2.55 bits per heavy atom. The average Bonchev–Trinajstić information content (AvgIpc) is 2.92. The predicted octanol–water partition coefficient (Wildman–Crippen LogP) is 4.19. The largest absolute Gasteiger partial charge is 0.497 e. The summed E-state index contributed by atoms with van der Waals surface area (Å²) in [7, 11) is 1.65.